The van der Waals surface area contributed by atoms with E-state index < -0.39 is 0 Å². The van der Waals surface area contributed by atoms with Crippen LogP contribution in [0.3, 0.4) is 0 Å². The van der Waals surface area contributed by atoms with Crippen molar-refractivity contribution >= 4 is 17.2 Å². The van der Waals surface area contributed by atoms with Gasteiger partial charge in [-0.05, 0) is 52.4 Å². The third-order valence-electron chi connectivity index (χ3n) is 4.51. The average Bonchev–Trinajstić information content (AvgIpc) is 2.92. The van der Waals surface area contributed by atoms with E-state index in [9.17, 15) is 0 Å². The van der Waals surface area contributed by atoms with E-state index in [1.165, 1.54) is 45.4 Å². The molecule has 0 spiro atoms. The Morgan fingerprint density at radius 3 is 2.05 bits per heavy atom. The van der Waals surface area contributed by atoms with E-state index in [2.05, 4.69) is 21.6 Å². The quantitative estimate of drug-likeness (QED) is 0.729. The van der Waals surface area contributed by atoms with Crippen molar-refractivity contribution in [1.29, 1.82) is 0 Å². The lowest BCUT2D eigenvalue weighted by Crippen LogP contribution is -2.52. The van der Waals surface area contributed by atoms with Crippen LogP contribution in [-0.2, 0) is 0 Å². The number of hydrogen-bond acceptors (Lipinski definition) is 4. The van der Waals surface area contributed by atoms with Gasteiger partial charge in [-0.25, -0.2) is 0 Å². The first-order valence-corrected chi connectivity index (χ1v) is 8.06. The lowest BCUT2D eigenvalue weighted by Gasteiger charge is -2.37. The van der Waals surface area contributed by atoms with Crippen molar-refractivity contribution < 1.29 is 0 Å². The van der Waals surface area contributed by atoms with Gasteiger partial charge in [-0.3, -0.25) is 4.90 Å². The molecule has 0 saturated carbocycles. The molecule has 2 saturated heterocycles. The molecule has 0 amide bonds. The van der Waals surface area contributed by atoms with Gasteiger partial charge in [0.15, 0.2) is 0 Å². The van der Waals surface area contributed by atoms with E-state index in [0.29, 0.717) is 4.99 Å². The Kier molecular flexibility index (Phi) is 6.01. The molecular formula is C14H28N4S. The maximum atomic E-state index is 5.72. The zero-order chi connectivity index (χ0) is 13.7. The molecule has 2 heterocycles. The van der Waals surface area contributed by atoms with Gasteiger partial charge in [0, 0.05) is 26.2 Å². The van der Waals surface area contributed by atoms with Crippen LogP contribution < -0.4 is 5.73 Å². The number of likely N-dealkylation sites (tertiary alicyclic amines) is 1. The van der Waals surface area contributed by atoms with Crippen molar-refractivity contribution in [2.45, 2.75) is 32.2 Å². The largest absolute Gasteiger partial charge is 0.392 e. The normalized spacial score (nSPS) is 24.7. The Labute approximate surface area is 122 Å². The van der Waals surface area contributed by atoms with Crippen LogP contribution in [0.4, 0.5) is 0 Å². The maximum absolute atomic E-state index is 5.72. The minimum Gasteiger partial charge on any atom is -0.392 e. The van der Waals surface area contributed by atoms with E-state index in [1.807, 2.05) is 0 Å². The first-order valence-electron chi connectivity index (χ1n) is 7.65. The Morgan fingerprint density at radius 1 is 1.00 bits per heavy atom. The SMILES string of the molecule is CC(C(N)=S)N1CCN(CCCN2CCCC2)CC1. The minimum atomic E-state index is 0.252. The summed E-state index contributed by atoms with van der Waals surface area (Å²) in [6.07, 6.45) is 4.11. The first-order chi connectivity index (χ1) is 9.16. The molecule has 5 heteroatoms. The predicted molar refractivity (Wildman–Crippen MR) is 84.6 cm³/mol. The van der Waals surface area contributed by atoms with Crippen LogP contribution in [-0.4, -0.2) is 78.1 Å². The lowest BCUT2D eigenvalue weighted by atomic mass is 10.2. The molecule has 2 aliphatic rings. The number of nitrogens with two attached hydrogens (primary N) is 1. The second-order valence-corrected chi connectivity index (χ2v) is 6.33. The van der Waals surface area contributed by atoms with Crippen LogP contribution in [0.25, 0.3) is 0 Å². The van der Waals surface area contributed by atoms with Crippen LogP contribution in [0.5, 0.6) is 0 Å². The highest BCUT2D eigenvalue weighted by atomic mass is 32.1. The minimum absolute atomic E-state index is 0.252. The van der Waals surface area contributed by atoms with Gasteiger partial charge in [0.25, 0.3) is 0 Å². The Hall–Kier alpha value is -0.230. The van der Waals surface area contributed by atoms with Crippen molar-refractivity contribution in [1.82, 2.24) is 14.7 Å². The second-order valence-electron chi connectivity index (χ2n) is 5.86. The number of rotatable bonds is 6. The van der Waals surface area contributed by atoms with Crippen LogP contribution in [0.15, 0.2) is 0 Å². The lowest BCUT2D eigenvalue weighted by molar-refractivity contribution is 0.119. The van der Waals surface area contributed by atoms with Crippen molar-refractivity contribution in [2.75, 3.05) is 52.4 Å². The van der Waals surface area contributed by atoms with E-state index >= 15 is 0 Å². The Balaban J connectivity index is 1.59. The third-order valence-corrected chi connectivity index (χ3v) is 4.85. The zero-order valence-corrected chi connectivity index (χ0v) is 13.0. The molecule has 0 aromatic heterocycles. The molecule has 1 atom stereocenters. The summed E-state index contributed by atoms with van der Waals surface area (Å²) in [5.41, 5.74) is 5.72. The van der Waals surface area contributed by atoms with Crippen LogP contribution >= 0.6 is 12.2 Å². The molecule has 19 heavy (non-hydrogen) atoms. The summed E-state index contributed by atoms with van der Waals surface area (Å²) >= 11 is 5.08. The molecule has 2 fully saturated rings. The van der Waals surface area contributed by atoms with Gasteiger partial charge >= 0.3 is 0 Å². The fourth-order valence-corrected chi connectivity index (χ4v) is 3.23. The van der Waals surface area contributed by atoms with Crippen molar-refractivity contribution in [2.24, 2.45) is 5.73 Å². The average molecular weight is 284 g/mol. The predicted octanol–water partition coefficient (Wildman–Crippen LogP) is 0.765. The van der Waals surface area contributed by atoms with Gasteiger partial charge in [0.05, 0.1) is 11.0 Å². The summed E-state index contributed by atoms with van der Waals surface area (Å²) in [6.45, 7) is 11.8. The molecule has 0 aromatic carbocycles. The van der Waals surface area contributed by atoms with Gasteiger partial charge in [0.1, 0.15) is 0 Å². The smallest absolute Gasteiger partial charge is 0.0899 e. The van der Waals surface area contributed by atoms with Gasteiger partial charge in [-0.2, -0.15) is 0 Å². The number of hydrogen-bond donors (Lipinski definition) is 1. The molecule has 2 N–H and O–H groups in total. The van der Waals surface area contributed by atoms with Crippen molar-refractivity contribution in [3.8, 4) is 0 Å². The molecule has 2 aliphatic heterocycles. The maximum Gasteiger partial charge on any atom is 0.0899 e. The number of nitrogens with zero attached hydrogens (tertiary/aromatic N) is 3. The van der Waals surface area contributed by atoms with Gasteiger partial charge in [0.2, 0.25) is 0 Å². The standard InChI is InChI=1S/C14H28N4S/c1-13(14(15)19)18-11-9-17(10-12-18)8-4-7-16-5-2-3-6-16/h13H,2-12H2,1H3,(H2,15,19). The summed E-state index contributed by atoms with van der Waals surface area (Å²) in [6, 6.07) is 0.252. The highest BCUT2D eigenvalue weighted by molar-refractivity contribution is 7.80. The van der Waals surface area contributed by atoms with Crippen molar-refractivity contribution in [3.05, 3.63) is 0 Å². The van der Waals surface area contributed by atoms with Gasteiger partial charge in [-0.15, -0.1) is 0 Å². The van der Waals surface area contributed by atoms with E-state index in [4.69, 9.17) is 18.0 Å². The van der Waals surface area contributed by atoms with E-state index in [1.54, 1.807) is 0 Å². The molecule has 4 nitrogen and oxygen atoms in total. The van der Waals surface area contributed by atoms with Gasteiger partial charge in [-0.1, -0.05) is 12.2 Å². The molecule has 0 aromatic rings. The highest BCUT2D eigenvalue weighted by Crippen LogP contribution is 2.10. The molecule has 1 unspecified atom stereocenters. The monoisotopic (exact) mass is 284 g/mol. The fraction of sp³-hybridized carbons (Fsp3) is 0.929. The third kappa shape index (κ3) is 4.67. The molecule has 2 rings (SSSR count). The Bertz CT molecular complexity index is 283. The molecule has 0 radical (unpaired) electrons. The molecular weight excluding hydrogens is 256 g/mol. The summed E-state index contributed by atoms with van der Waals surface area (Å²) in [5.74, 6) is 0. The summed E-state index contributed by atoms with van der Waals surface area (Å²) in [5, 5.41) is 0. The summed E-state index contributed by atoms with van der Waals surface area (Å²) < 4.78 is 0. The Morgan fingerprint density at radius 2 is 1.53 bits per heavy atom. The molecule has 0 aliphatic carbocycles. The molecule has 110 valence electrons. The summed E-state index contributed by atoms with van der Waals surface area (Å²) in [4.78, 5) is 8.21. The highest BCUT2D eigenvalue weighted by Gasteiger charge is 2.22. The first kappa shape index (κ1) is 15.2. The van der Waals surface area contributed by atoms with Crippen LogP contribution in [0.2, 0.25) is 0 Å². The number of piperazine rings is 1. The topological polar surface area (TPSA) is 35.7 Å². The summed E-state index contributed by atoms with van der Waals surface area (Å²) in [7, 11) is 0. The molecule has 0 bridgehead atoms. The van der Waals surface area contributed by atoms with Gasteiger partial charge < -0.3 is 15.5 Å². The second kappa shape index (κ2) is 7.53. The fourth-order valence-electron chi connectivity index (χ4n) is 3.08. The van der Waals surface area contributed by atoms with E-state index in [0.717, 1.165) is 26.2 Å². The zero-order valence-electron chi connectivity index (χ0n) is 12.2. The number of thiocarbonyl (C=S) groups is 1. The van der Waals surface area contributed by atoms with Crippen LogP contribution in [0, 0.1) is 0 Å². The van der Waals surface area contributed by atoms with E-state index in [-0.39, 0.29) is 6.04 Å². The van der Waals surface area contributed by atoms with Crippen molar-refractivity contribution in [3.63, 3.8) is 0 Å². The van der Waals surface area contributed by atoms with Crippen LogP contribution in [0.1, 0.15) is 26.2 Å².